The highest BCUT2D eigenvalue weighted by molar-refractivity contribution is 6.04. The average Bonchev–Trinajstić information content (AvgIpc) is 2.47. The first-order chi connectivity index (χ1) is 9.29. The molecule has 1 aromatic carbocycles. The first kappa shape index (κ1) is 13.2. The third-order valence-corrected chi connectivity index (χ3v) is 2.63. The number of benzene rings is 1. The van der Waals surface area contributed by atoms with Gasteiger partial charge in [-0.05, 0) is 36.8 Å². The molecule has 4 heteroatoms. The molecule has 98 valence electrons. The fourth-order valence-electron chi connectivity index (χ4n) is 1.61. The number of nitrogens with zero attached hydrogens (tertiary/aromatic N) is 1. The van der Waals surface area contributed by atoms with Crippen LogP contribution in [0.5, 0.6) is 0 Å². The van der Waals surface area contributed by atoms with E-state index in [-0.39, 0.29) is 5.91 Å². The molecule has 1 amide bonds. The van der Waals surface area contributed by atoms with Gasteiger partial charge in [-0.15, -0.1) is 0 Å². The van der Waals surface area contributed by atoms with E-state index in [1.165, 1.54) is 0 Å². The van der Waals surface area contributed by atoms with E-state index < -0.39 is 0 Å². The molecular weight excluding hydrogens is 240 g/mol. The second-order valence-electron chi connectivity index (χ2n) is 4.02. The van der Waals surface area contributed by atoms with Crippen molar-refractivity contribution in [3.8, 4) is 0 Å². The molecule has 1 aromatic heterocycles. The maximum absolute atomic E-state index is 11.9. The second-order valence-corrected chi connectivity index (χ2v) is 4.02. The molecule has 0 saturated carbocycles. The lowest BCUT2D eigenvalue weighted by Crippen LogP contribution is -2.11. The van der Waals surface area contributed by atoms with Crippen LogP contribution in [0.25, 0.3) is 0 Å². The minimum atomic E-state index is -0.139. The summed E-state index contributed by atoms with van der Waals surface area (Å²) in [7, 11) is 0. The van der Waals surface area contributed by atoms with E-state index in [1.807, 2.05) is 31.2 Å². The molecule has 0 aliphatic rings. The van der Waals surface area contributed by atoms with E-state index in [4.69, 9.17) is 4.74 Å². The molecule has 1 heterocycles. The number of carbonyl (C=O) groups is 1. The summed E-state index contributed by atoms with van der Waals surface area (Å²) in [6.45, 7) is 3.25. The normalized spacial score (nSPS) is 10.2. The van der Waals surface area contributed by atoms with Crippen molar-refractivity contribution in [2.45, 2.75) is 13.5 Å². The van der Waals surface area contributed by atoms with Crippen LogP contribution in [0.4, 0.5) is 5.69 Å². The molecule has 0 fully saturated rings. The van der Waals surface area contributed by atoms with Crippen molar-refractivity contribution in [3.05, 3.63) is 59.9 Å². The van der Waals surface area contributed by atoms with E-state index >= 15 is 0 Å². The third-order valence-electron chi connectivity index (χ3n) is 2.63. The van der Waals surface area contributed by atoms with E-state index in [0.717, 1.165) is 11.3 Å². The van der Waals surface area contributed by atoms with Crippen LogP contribution in [0, 0.1) is 0 Å². The van der Waals surface area contributed by atoms with Gasteiger partial charge in [-0.1, -0.05) is 12.1 Å². The number of pyridine rings is 1. The molecule has 1 N–H and O–H groups in total. The van der Waals surface area contributed by atoms with Crippen LogP contribution >= 0.6 is 0 Å². The number of hydrogen-bond donors (Lipinski definition) is 1. The van der Waals surface area contributed by atoms with E-state index in [1.54, 1.807) is 24.5 Å². The molecule has 0 saturated heterocycles. The van der Waals surface area contributed by atoms with Crippen LogP contribution in [0.15, 0.2) is 48.8 Å². The molecule has 0 aliphatic heterocycles. The van der Waals surface area contributed by atoms with Gasteiger partial charge in [0.2, 0.25) is 0 Å². The summed E-state index contributed by atoms with van der Waals surface area (Å²) in [6.07, 6.45) is 3.19. The van der Waals surface area contributed by atoms with Gasteiger partial charge in [0.05, 0.1) is 6.61 Å². The minimum absolute atomic E-state index is 0.139. The lowest BCUT2D eigenvalue weighted by atomic mass is 10.2. The van der Waals surface area contributed by atoms with Crippen molar-refractivity contribution in [2.75, 3.05) is 11.9 Å². The molecule has 19 heavy (non-hydrogen) atoms. The molecule has 2 rings (SSSR count). The van der Waals surface area contributed by atoms with Crippen LogP contribution < -0.4 is 5.32 Å². The van der Waals surface area contributed by atoms with Gasteiger partial charge in [0, 0.05) is 30.3 Å². The van der Waals surface area contributed by atoms with Crippen molar-refractivity contribution < 1.29 is 9.53 Å². The third kappa shape index (κ3) is 3.89. The average molecular weight is 256 g/mol. The van der Waals surface area contributed by atoms with Gasteiger partial charge in [-0.2, -0.15) is 0 Å². The SMILES string of the molecule is CCOCc1ccc(NC(=O)c2ccncc2)cc1. The molecule has 0 radical (unpaired) electrons. The van der Waals surface area contributed by atoms with Crippen LogP contribution in [-0.2, 0) is 11.3 Å². The van der Waals surface area contributed by atoms with Crippen molar-refractivity contribution in [3.63, 3.8) is 0 Å². The van der Waals surface area contributed by atoms with Gasteiger partial charge in [0.1, 0.15) is 0 Å². The lowest BCUT2D eigenvalue weighted by Gasteiger charge is -2.06. The number of amides is 1. The largest absolute Gasteiger partial charge is 0.377 e. The number of nitrogens with one attached hydrogen (secondary N) is 1. The van der Waals surface area contributed by atoms with Crippen LogP contribution in [0.1, 0.15) is 22.8 Å². The maximum atomic E-state index is 11.9. The van der Waals surface area contributed by atoms with Crippen molar-refractivity contribution in [1.29, 1.82) is 0 Å². The zero-order valence-electron chi connectivity index (χ0n) is 10.8. The highest BCUT2D eigenvalue weighted by atomic mass is 16.5. The standard InChI is InChI=1S/C15H16N2O2/c1-2-19-11-12-3-5-14(6-4-12)17-15(18)13-7-9-16-10-8-13/h3-10H,2,11H2,1H3,(H,17,18). The van der Waals surface area contributed by atoms with E-state index in [0.29, 0.717) is 18.8 Å². The highest BCUT2D eigenvalue weighted by Crippen LogP contribution is 2.12. The predicted molar refractivity (Wildman–Crippen MR) is 74.0 cm³/mol. The van der Waals surface area contributed by atoms with Gasteiger partial charge in [-0.25, -0.2) is 0 Å². The van der Waals surface area contributed by atoms with Gasteiger partial charge in [-0.3, -0.25) is 9.78 Å². The van der Waals surface area contributed by atoms with Gasteiger partial charge in [0.15, 0.2) is 0 Å². The van der Waals surface area contributed by atoms with Gasteiger partial charge >= 0.3 is 0 Å². The summed E-state index contributed by atoms with van der Waals surface area (Å²) in [5, 5.41) is 2.83. The molecule has 0 atom stereocenters. The summed E-state index contributed by atoms with van der Waals surface area (Å²) >= 11 is 0. The van der Waals surface area contributed by atoms with E-state index in [9.17, 15) is 4.79 Å². The topological polar surface area (TPSA) is 51.2 Å². The van der Waals surface area contributed by atoms with E-state index in [2.05, 4.69) is 10.3 Å². The predicted octanol–water partition coefficient (Wildman–Crippen LogP) is 2.87. The number of carbonyl (C=O) groups excluding carboxylic acids is 1. The smallest absolute Gasteiger partial charge is 0.255 e. The Kier molecular flexibility index (Phi) is 4.64. The Morgan fingerprint density at radius 3 is 2.47 bits per heavy atom. The fourth-order valence-corrected chi connectivity index (χ4v) is 1.61. The minimum Gasteiger partial charge on any atom is -0.377 e. The Morgan fingerprint density at radius 1 is 1.16 bits per heavy atom. The Balaban J connectivity index is 1.98. The maximum Gasteiger partial charge on any atom is 0.255 e. The van der Waals surface area contributed by atoms with Crippen LogP contribution in [0.3, 0.4) is 0 Å². The number of ether oxygens (including phenoxy) is 1. The van der Waals surface area contributed by atoms with Gasteiger partial charge in [0.25, 0.3) is 5.91 Å². The molecule has 4 nitrogen and oxygen atoms in total. The Labute approximate surface area is 112 Å². The molecule has 0 spiro atoms. The Morgan fingerprint density at radius 2 is 1.84 bits per heavy atom. The summed E-state index contributed by atoms with van der Waals surface area (Å²) in [5.74, 6) is -0.139. The molecule has 0 unspecified atom stereocenters. The number of aromatic nitrogens is 1. The zero-order valence-corrected chi connectivity index (χ0v) is 10.8. The second kappa shape index (κ2) is 6.66. The van der Waals surface area contributed by atoms with Crippen molar-refractivity contribution in [1.82, 2.24) is 4.98 Å². The highest BCUT2D eigenvalue weighted by Gasteiger charge is 2.04. The van der Waals surface area contributed by atoms with Gasteiger partial charge < -0.3 is 10.1 Å². The van der Waals surface area contributed by atoms with Crippen molar-refractivity contribution in [2.24, 2.45) is 0 Å². The summed E-state index contributed by atoms with van der Waals surface area (Å²) in [6, 6.07) is 11.0. The molecular formula is C15H16N2O2. The summed E-state index contributed by atoms with van der Waals surface area (Å²) in [4.78, 5) is 15.8. The molecule has 0 bridgehead atoms. The van der Waals surface area contributed by atoms with Crippen molar-refractivity contribution >= 4 is 11.6 Å². The summed E-state index contributed by atoms with van der Waals surface area (Å²) in [5.41, 5.74) is 2.44. The quantitative estimate of drug-likeness (QED) is 0.895. The molecule has 2 aromatic rings. The monoisotopic (exact) mass is 256 g/mol. The number of anilines is 1. The number of rotatable bonds is 5. The van der Waals surface area contributed by atoms with Crippen LogP contribution in [-0.4, -0.2) is 17.5 Å². The Bertz CT molecular complexity index is 524. The fraction of sp³-hybridized carbons (Fsp3) is 0.200. The molecule has 0 aliphatic carbocycles. The lowest BCUT2D eigenvalue weighted by molar-refractivity contribution is 0.102. The van der Waals surface area contributed by atoms with Crippen LogP contribution in [0.2, 0.25) is 0 Å². The number of hydrogen-bond acceptors (Lipinski definition) is 3. The first-order valence-corrected chi connectivity index (χ1v) is 6.17. The Hall–Kier alpha value is -2.20. The first-order valence-electron chi connectivity index (χ1n) is 6.17. The zero-order chi connectivity index (χ0) is 13.5. The summed E-state index contributed by atoms with van der Waals surface area (Å²) < 4.78 is 5.32.